The lowest BCUT2D eigenvalue weighted by Crippen LogP contribution is -2.22. The molecule has 0 saturated carbocycles. The van der Waals surface area contributed by atoms with Crippen LogP contribution in [0.2, 0.25) is 0 Å². The summed E-state index contributed by atoms with van der Waals surface area (Å²) in [4.78, 5) is 2.29. The van der Waals surface area contributed by atoms with Crippen molar-refractivity contribution in [2.75, 3.05) is 14.1 Å². The van der Waals surface area contributed by atoms with Crippen molar-refractivity contribution in [2.24, 2.45) is 0 Å². The largest absolute Gasteiger partial charge is 0.299 e. The van der Waals surface area contributed by atoms with E-state index in [1.54, 1.807) is 0 Å². The third kappa shape index (κ3) is 3.05. The van der Waals surface area contributed by atoms with Gasteiger partial charge in [0, 0.05) is 0 Å². The minimum Gasteiger partial charge on any atom is -0.299 e. The number of benzene rings is 2. The van der Waals surface area contributed by atoms with E-state index in [9.17, 15) is 0 Å². The summed E-state index contributed by atoms with van der Waals surface area (Å²) in [6, 6.07) is 15.8. The van der Waals surface area contributed by atoms with E-state index in [1.807, 2.05) is 0 Å². The smallest absolute Gasteiger partial charge is 0.0599 e. The number of hydrogen-bond donors (Lipinski definition) is 0. The maximum Gasteiger partial charge on any atom is 0.0599 e. The molecule has 19 heavy (non-hydrogen) atoms. The monoisotopic (exact) mass is 253 g/mol. The van der Waals surface area contributed by atoms with Crippen LogP contribution in [0.1, 0.15) is 33.9 Å². The predicted octanol–water partition coefficient (Wildman–Crippen LogP) is 4.26. The van der Waals surface area contributed by atoms with E-state index in [0.717, 1.165) is 0 Å². The van der Waals surface area contributed by atoms with Crippen LogP contribution in [0, 0.1) is 20.8 Å². The Balaban J connectivity index is 2.55. The Bertz CT molecular complexity index is 570. The molecule has 0 saturated heterocycles. The SMILES string of the molecule is Cc1cccc([C@@H](c2cc(C)ccc2C)N(C)C)c1. The molecule has 0 unspecified atom stereocenters. The number of hydrogen-bond acceptors (Lipinski definition) is 1. The molecule has 0 aliphatic rings. The Morgan fingerprint density at radius 1 is 0.842 bits per heavy atom. The number of rotatable bonds is 3. The summed E-state index contributed by atoms with van der Waals surface area (Å²) in [6.45, 7) is 6.51. The van der Waals surface area contributed by atoms with Gasteiger partial charge in [0.2, 0.25) is 0 Å². The summed E-state index contributed by atoms with van der Waals surface area (Å²) in [7, 11) is 4.30. The molecule has 0 fully saturated rings. The molecule has 2 aromatic carbocycles. The van der Waals surface area contributed by atoms with Crippen molar-refractivity contribution in [3.05, 3.63) is 70.3 Å². The van der Waals surface area contributed by atoms with Crippen LogP contribution in [0.4, 0.5) is 0 Å². The second kappa shape index (κ2) is 5.58. The molecule has 0 aliphatic carbocycles. The standard InChI is InChI=1S/C18H23N/c1-13-7-6-8-16(11-13)18(19(4)5)17-12-14(2)9-10-15(17)3/h6-12,18H,1-5H3/t18-/m0/s1. The van der Waals surface area contributed by atoms with Gasteiger partial charge in [0.15, 0.2) is 0 Å². The summed E-state index contributed by atoms with van der Waals surface area (Å²) in [5, 5.41) is 0. The van der Waals surface area contributed by atoms with Crippen molar-refractivity contribution in [1.29, 1.82) is 0 Å². The Morgan fingerprint density at radius 2 is 1.53 bits per heavy atom. The zero-order chi connectivity index (χ0) is 14.0. The van der Waals surface area contributed by atoms with Gasteiger partial charge in [-0.25, -0.2) is 0 Å². The van der Waals surface area contributed by atoms with E-state index in [1.165, 1.54) is 27.8 Å². The van der Waals surface area contributed by atoms with Crippen molar-refractivity contribution in [2.45, 2.75) is 26.8 Å². The van der Waals surface area contributed by atoms with Crippen LogP contribution in [0.15, 0.2) is 42.5 Å². The zero-order valence-corrected chi connectivity index (χ0v) is 12.6. The van der Waals surface area contributed by atoms with Gasteiger partial charge in [0.05, 0.1) is 6.04 Å². The highest BCUT2D eigenvalue weighted by Gasteiger charge is 2.18. The van der Waals surface area contributed by atoms with Gasteiger partial charge in [0.1, 0.15) is 0 Å². The van der Waals surface area contributed by atoms with E-state index in [2.05, 4.69) is 82.2 Å². The molecule has 2 rings (SSSR count). The molecule has 1 nitrogen and oxygen atoms in total. The first kappa shape index (κ1) is 13.8. The summed E-state index contributed by atoms with van der Waals surface area (Å²) in [5.41, 5.74) is 6.75. The average molecular weight is 253 g/mol. The maximum absolute atomic E-state index is 2.31. The van der Waals surface area contributed by atoms with Crippen LogP contribution in [0.3, 0.4) is 0 Å². The fourth-order valence-electron chi connectivity index (χ4n) is 2.65. The first-order valence-electron chi connectivity index (χ1n) is 6.79. The van der Waals surface area contributed by atoms with Crippen molar-refractivity contribution in [1.82, 2.24) is 4.90 Å². The Hall–Kier alpha value is -1.60. The molecule has 100 valence electrons. The third-order valence-electron chi connectivity index (χ3n) is 3.60. The highest BCUT2D eigenvalue weighted by atomic mass is 15.1. The van der Waals surface area contributed by atoms with Gasteiger partial charge in [0.25, 0.3) is 0 Å². The lowest BCUT2D eigenvalue weighted by molar-refractivity contribution is 0.341. The van der Waals surface area contributed by atoms with Gasteiger partial charge >= 0.3 is 0 Å². The van der Waals surface area contributed by atoms with Crippen LogP contribution in [0.25, 0.3) is 0 Å². The molecule has 0 spiro atoms. The van der Waals surface area contributed by atoms with Crippen LogP contribution in [-0.2, 0) is 0 Å². The van der Waals surface area contributed by atoms with Crippen molar-refractivity contribution in [3.8, 4) is 0 Å². The van der Waals surface area contributed by atoms with Gasteiger partial charge in [-0.2, -0.15) is 0 Å². The molecule has 0 heterocycles. The van der Waals surface area contributed by atoms with Crippen LogP contribution >= 0.6 is 0 Å². The molecule has 1 atom stereocenters. The van der Waals surface area contributed by atoms with Crippen molar-refractivity contribution < 1.29 is 0 Å². The van der Waals surface area contributed by atoms with Gasteiger partial charge in [-0.1, -0.05) is 53.6 Å². The lowest BCUT2D eigenvalue weighted by Gasteiger charge is -2.27. The zero-order valence-electron chi connectivity index (χ0n) is 12.6. The summed E-state index contributed by atoms with van der Waals surface area (Å²) in [6.07, 6.45) is 0. The Morgan fingerprint density at radius 3 is 2.16 bits per heavy atom. The highest BCUT2D eigenvalue weighted by Crippen LogP contribution is 2.30. The van der Waals surface area contributed by atoms with Crippen molar-refractivity contribution in [3.63, 3.8) is 0 Å². The van der Waals surface area contributed by atoms with Crippen LogP contribution in [-0.4, -0.2) is 19.0 Å². The minimum absolute atomic E-state index is 0.319. The van der Waals surface area contributed by atoms with E-state index >= 15 is 0 Å². The molecule has 0 aromatic heterocycles. The normalized spacial score (nSPS) is 12.7. The fraction of sp³-hybridized carbons (Fsp3) is 0.333. The average Bonchev–Trinajstić information content (AvgIpc) is 2.33. The van der Waals surface area contributed by atoms with E-state index < -0.39 is 0 Å². The number of nitrogens with zero attached hydrogens (tertiary/aromatic N) is 1. The van der Waals surface area contributed by atoms with Gasteiger partial charge in [-0.3, -0.25) is 4.90 Å². The predicted molar refractivity (Wildman–Crippen MR) is 82.6 cm³/mol. The third-order valence-corrected chi connectivity index (χ3v) is 3.60. The van der Waals surface area contributed by atoms with E-state index in [-0.39, 0.29) is 0 Å². The molecule has 0 N–H and O–H groups in total. The molecule has 0 bridgehead atoms. The number of aryl methyl sites for hydroxylation is 3. The quantitative estimate of drug-likeness (QED) is 0.790. The lowest BCUT2D eigenvalue weighted by atomic mass is 9.92. The molecule has 0 amide bonds. The van der Waals surface area contributed by atoms with Crippen LogP contribution < -0.4 is 0 Å². The van der Waals surface area contributed by atoms with E-state index in [0.29, 0.717) is 6.04 Å². The second-order valence-electron chi connectivity index (χ2n) is 5.64. The van der Waals surface area contributed by atoms with E-state index in [4.69, 9.17) is 0 Å². The first-order valence-corrected chi connectivity index (χ1v) is 6.79. The molecule has 2 aromatic rings. The summed E-state index contributed by atoms with van der Waals surface area (Å²) in [5.74, 6) is 0. The summed E-state index contributed by atoms with van der Waals surface area (Å²) >= 11 is 0. The molecule has 0 radical (unpaired) electrons. The highest BCUT2D eigenvalue weighted by molar-refractivity contribution is 5.40. The maximum atomic E-state index is 2.31. The van der Waals surface area contributed by atoms with Gasteiger partial charge in [-0.05, 0) is 51.6 Å². The van der Waals surface area contributed by atoms with Gasteiger partial charge in [-0.15, -0.1) is 0 Å². The fourth-order valence-corrected chi connectivity index (χ4v) is 2.65. The summed E-state index contributed by atoms with van der Waals surface area (Å²) < 4.78 is 0. The van der Waals surface area contributed by atoms with Gasteiger partial charge < -0.3 is 0 Å². The van der Waals surface area contributed by atoms with Crippen LogP contribution in [0.5, 0.6) is 0 Å². The molecule has 0 aliphatic heterocycles. The second-order valence-corrected chi connectivity index (χ2v) is 5.64. The minimum atomic E-state index is 0.319. The topological polar surface area (TPSA) is 3.24 Å². The first-order chi connectivity index (χ1) is 8.99. The van der Waals surface area contributed by atoms with Crippen molar-refractivity contribution >= 4 is 0 Å². The molecular formula is C18H23N. The molecule has 1 heteroatoms. The Labute approximate surface area is 116 Å². The molecular weight excluding hydrogens is 230 g/mol. The Kier molecular flexibility index (Phi) is 4.06.